The van der Waals surface area contributed by atoms with Gasteiger partial charge in [0.15, 0.2) is 5.75 Å². The SMILES string of the molecule is N#CCc1ccc2c(O)c(F)sc2c1. The Hall–Kier alpha value is -1.60. The van der Waals surface area contributed by atoms with Crippen molar-refractivity contribution < 1.29 is 9.50 Å². The fourth-order valence-electron chi connectivity index (χ4n) is 1.30. The zero-order chi connectivity index (χ0) is 10.1. The average molecular weight is 207 g/mol. The van der Waals surface area contributed by atoms with E-state index in [2.05, 4.69) is 0 Å². The highest BCUT2D eigenvalue weighted by atomic mass is 32.1. The molecule has 70 valence electrons. The molecule has 0 aliphatic carbocycles. The van der Waals surface area contributed by atoms with Gasteiger partial charge in [0.1, 0.15) is 0 Å². The van der Waals surface area contributed by atoms with Crippen molar-refractivity contribution in [3.05, 3.63) is 28.9 Å². The second-order valence-electron chi connectivity index (χ2n) is 2.89. The molecular weight excluding hydrogens is 201 g/mol. The van der Waals surface area contributed by atoms with E-state index in [1.165, 1.54) is 0 Å². The lowest BCUT2D eigenvalue weighted by molar-refractivity contribution is 0.448. The van der Waals surface area contributed by atoms with Gasteiger partial charge in [0.2, 0.25) is 5.13 Å². The molecule has 0 bridgehead atoms. The fourth-order valence-corrected chi connectivity index (χ4v) is 2.18. The first-order valence-corrected chi connectivity index (χ1v) is 4.81. The Bertz CT molecular complexity index is 527. The van der Waals surface area contributed by atoms with Gasteiger partial charge in [-0.3, -0.25) is 0 Å². The molecule has 0 unspecified atom stereocenters. The minimum absolute atomic E-state index is 0.298. The molecule has 1 aromatic carbocycles. The summed E-state index contributed by atoms with van der Waals surface area (Å²) in [7, 11) is 0. The summed E-state index contributed by atoms with van der Waals surface area (Å²) in [5.41, 5.74) is 0.834. The lowest BCUT2D eigenvalue weighted by Gasteiger charge is -1.94. The van der Waals surface area contributed by atoms with Crippen LogP contribution in [0.25, 0.3) is 10.1 Å². The Kier molecular flexibility index (Phi) is 2.10. The van der Waals surface area contributed by atoms with Crippen LogP contribution in [0.3, 0.4) is 0 Å². The van der Waals surface area contributed by atoms with E-state index >= 15 is 0 Å². The number of rotatable bonds is 1. The van der Waals surface area contributed by atoms with Gasteiger partial charge in [0.25, 0.3) is 0 Å². The van der Waals surface area contributed by atoms with Gasteiger partial charge < -0.3 is 5.11 Å². The minimum Gasteiger partial charge on any atom is -0.504 e. The first kappa shape index (κ1) is 8.97. The number of benzene rings is 1. The molecule has 0 aliphatic heterocycles. The summed E-state index contributed by atoms with van der Waals surface area (Å²) in [5, 5.41) is 17.7. The van der Waals surface area contributed by atoms with Crippen LogP contribution in [-0.4, -0.2) is 5.11 Å². The van der Waals surface area contributed by atoms with E-state index in [0.29, 0.717) is 16.5 Å². The Labute approximate surface area is 83.8 Å². The lowest BCUT2D eigenvalue weighted by Crippen LogP contribution is -1.78. The van der Waals surface area contributed by atoms with Crippen LogP contribution in [0.1, 0.15) is 5.56 Å². The molecule has 0 radical (unpaired) electrons. The van der Waals surface area contributed by atoms with Gasteiger partial charge in [0, 0.05) is 10.1 Å². The molecule has 1 heterocycles. The maximum absolute atomic E-state index is 13.0. The normalized spacial score (nSPS) is 10.3. The van der Waals surface area contributed by atoms with Crippen molar-refractivity contribution >= 4 is 21.4 Å². The third-order valence-corrected chi connectivity index (χ3v) is 2.90. The summed E-state index contributed by atoms with van der Waals surface area (Å²) in [6.07, 6.45) is 0.302. The van der Waals surface area contributed by atoms with E-state index in [4.69, 9.17) is 5.26 Å². The van der Waals surface area contributed by atoms with Crippen molar-refractivity contribution in [1.29, 1.82) is 5.26 Å². The third kappa shape index (κ3) is 1.32. The zero-order valence-electron chi connectivity index (χ0n) is 7.12. The van der Waals surface area contributed by atoms with E-state index in [-0.39, 0.29) is 5.75 Å². The van der Waals surface area contributed by atoms with Crippen LogP contribution >= 0.6 is 11.3 Å². The standard InChI is InChI=1S/C10H6FNOS/c11-10-9(13)7-2-1-6(3-4-12)5-8(7)14-10/h1-2,5,13H,3H2. The molecule has 0 aliphatic rings. The molecule has 0 amide bonds. The van der Waals surface area contributed by atoms with Crippen molar-refractivity contribution in [2.75, 3.05) is 0 Å². The van der Waals surface area contributed by atoms with E-state index in [1.807, 2.05) is 6.07 Å². The monoisotopic (exact) mass is 207 g/mol. The zero-order valence-corrected chi connectivity index (χ0v) is 7.94. The van der Waals surface area contributed by atoms with Crippen molar-refractivity contribution in [3.8, 4) is 11.8 Å². The second kappa shape index (κ2) is 3.28. The molecule has 0 fully saturated rings. The second-order valence-corrected chi connectivity index (χ2v) is 3.89. The van der Waals surface area contributed by atoms with Crippen LogP contribution in [0.15, 0.2) is 18.2 Å². The van der Waals surface area contributed by atoms with Gasteiger partial charge in [-0.25, -0.2) is 0 Å². The smallest absolute Gasteiger partial charge is 0.219 e. The summed E-state index contributed by atoms with van der Waals surface area (Å²) >= 11 is 0.893. The van der Waals surface area contributed by atoms with Gasteiger partial charge in [0.05, 0.1) is 12.5 Å². The van der Waals surface area contributed by atoms with Gasteiger partial charge >= 0.3 is 0 Å². The number of aromatic hydroxyl groups is 1. The van der Waals surface area contributed by atoms with Crippen LogP contribution in [0, 0.1) is 16.5 Å². The Morgan fingerprint density at radius 2 is 2.29 bits per heavy atom. The van der Waals surface area contributed by atoms with Gasteiger partial charge in [-0.15, -0.1) is 11.3 Å². The highest BCUT2D eigenvalue weighted by Gasteiger charge is 2.10. The topological polar surface area (TPSA) is 44.0 Å². The van der Waals surface area contributed by atoms with Gasteiger partial charge in [-0.05, 0) is 17.7 Å². The number of fused-ring (bicyclic) bond motifs is 1. The molecular formula is C10H6FNOS. The summed E-state index contributed by atoms with van der Waals surface area (Å²) in [4.78, 5) is 0. The molecule has 0 saturated heterocycles. The van der Waals surface area contributed by atoms with Crippen molar-refractivity contribution in [1.82, 2.24) is 0 Å². The molecule has 0 spiro atoms. The summed E-state index contributed by atoms with van der Waals surface area (Å²) in [6, 6.07) is 7.10. The molecule has 1 N–H and O–H groups in total. The molecule has 0 atom stereocenters. The van der Waals surface area contributed by atoms with Gasteiger partial charge in [-0.1, -0.05) is 6.07 Å². The van der Waals surface area contributed by atoms with E-state index < -0.39 is 5.13 Å². The largest absolute Gasteiger partial charge is 0.504 e. The van der Waals surface area contributed by atoms with E-state index in [1.54, 1.807) is 18.2 Å². The molecule has 2 rings (SSSR count). The number of hydrogen-bond acceptors (Lipinski definition) is 3. The predicted molar refractivity (Wildman–Crippen MR) is 52.8 cm³/mol. The first-order chi connectivity index (χ1) is 6.72. The van der Waals surface area contributed by atoms with Crippen LogP contribution in [-0.2, 0) is 6.42 Å². The van der Waals surface area contributed by atoms with Crippen LogP contribution in [0.5, 0.6) is 5.75 Å². The molecule has 1 aromatic heterocycles. The van der Waals surface area contributed by atoms with Crippen molar-refractivity contribution in [2.45, 2.75) is 6.42 Å². The highest BCUT2D eigenvalue weighted by molar-refractivity contribution is 7.17. The molecule has 14 heavy (non-hydrogen) atoms. The maximum atomic E-state index is 13.0. The average Bonchev–Trinajstić information content (AvgIpc) is 2.43. The lowest BCUT2D eigenvalue weighted by atomic mass is 10.1. The Morgan fingerprint density at radius 1 is 1.50 bits per heavy atom. The Balaban J connectivity index is 2.63. The van der Waals surface area contributed by atoms with Crippen molar-refractivity contribution in [2.24, 2.45) is 0 Å². The minimum atomic E-state index is -0.575. The fraction of sp³-hybridized carbons (Fsp3) is 0.100. The summed E-state index contributed by atoms with van der Waals surface area (Å²) < 4.78 is 13.6. The highest BCUT2D eigenvalue weighted by Crippen LogP contribution is 2.35. The Morgan fingerprint density at radius 3 is 3.00 bits per heavy atom. The number of nitriles is 1. The van der Waals surface area contributed by atoms with E-state index in [0.717, 1.165) is 16.9 Å². The molecule has 2 nitrogen and oxygen atoms in total. The number of halogens is 1. The first-order valence-electron chi connectivity index (χ1n) is 3.99. The molecule has 4 heteroatoms. The van der Waals surface area contributed by atoms with Crippen LogP contribution in [0.4, 0.5) is 4.39 Å². The summed E-state index contributed by atoms with van der Waals surface area (Å²) in [5.74, 6) is -0.298. The maximum Gasteiger partial charge on any atom is 0.219 e. The molecule has 2 aromatic rings. The number of hydrogen-bond donors (Lipinski definition) is 1. The van der Waals surface area contributed by atoms with Crippen molar-refractivity contribution in [3.63, 3.8) is 0 Å². The summed E-state index contributed by atoms with van der Waals surface area (Å²) in [6.45, 7) is 0. The number of thiophene rings is 1. The third-order valence-electron chi connectivity index (χ3n) is 1.97. The van der Waals surface area contributed by atoms with E-state index in [9.17, 15) is 9.50 Å². The molecule has 0 saturated carbocycles. The number of nitrogens with zero attached hydrogens (tertiary/aromatic N) is 1. The van der Waals surface area contributed by atoms with Gasteiger partial charge in [-0.2, -0.15) is 9.65 Å². The predicted octanol–water partition coefficient (Wildman–Crippen LogP) is 2.81. The van der Waals surface area contributed by atoms with Crippen LogP contribution in [0.2, 0.25) is 0 Å². The van der Waals surface area contributed by atoms with Crippen LogP contribution < -0.4 is 0 Å². The quantitative estimate of drug-likeness (QED) is 0.781.